The van der Waals surface area contributed by atoms with Crippen molar-refractivity contribution in [2.75, 3.05) is 31.1 Å². The van der Waals surface area contributed by atoms with Crippen LogP contribution in [0.4, 0.5) is 19.0 Å². The molecule has 1 amide bonds. The van der Waals surface area contributed by atoms with Crippen molar-refractivity contribution in [1.82, 2.24) is 20.1 Å². The first-order valence-electron chi connectivity index (χ1n) is 11.0. The molecule has 1 aliphatic carbocycles. The van der Waals surface area contributed by atoms with Gasteiger partial charge in [-0.15, -0.1) is 10.2 Å². The molecule has 6 nitrogen and oxygen atoms in total. The molecule has 0 bridgehead atoms. The molecule has 34 heavy (non-hydrogen) atoms. The van der Waals surface area contributed by atoms with E-state index in [0.29, 0.717) is 59.4 Å². The molecule has 1 saturated heterocycles. The molecular weight excluding hydrogens is 467 g/mol. The second kappa shape index (κ2) is 8.87. The third kappa shape index (κ3) is 4.57. The molecule has 10 heteroatoms. The van der Waals surface area contributed by atoms with Crippen molar-refractivity contribution in [1.29, 1.82) is 0 Å². The van der Waals surface area contributed by atoms with Crippen LogP contribution in [-0.4, -0.2) is 52.2 Å². The van der Waals surface area contributed by atoms with Crippen LogP contribution in [0.2, 0.25) is 5.02 Å². The number of halogens is 4. The summed E-state index contributed by atoms with van der Waals surface area (Å²) in [6, 6.07) is 8.40. The van der Waals surface area contributed by atoms with E-state index in [2.05, 4.69) is 20.1 Å². The molecule has 0 radical (unpaired) electrons. The van der Waals surface area contributed by atoms with E-state index in [-0.39, 0.29) is 11.8 Å². The van der Waals surface area contributed by atoms with E-state index < -0.39 is 11.7 Å². The second-order valence-electron chi connectivity index (χ2n) is 8.48. The fourth-order valence-corrected chi connectivity index (χ4v) is 4.33. The Morgan fingerprint density at radius 1 is 0.971 bits per heavy atom. The van der Waals surface area contributed by atoms with Crippen LogP contribution < -0.4 is 4.90 Å². The van der Waals surface area contributed by atoms with Crippen molar-refractivity contribution in [3.8, 4) is 22.4 Å². The Morgan fingerprint density at radius 2 is 1.68 bits per heavy atom. The number of nitrogens with zero attached hydrogens (tertiary/aromatic N) is 5. The first kappa shape index (κ1) is 22.6. The fourth-order valence-electron chi connectivity index (χ4n) is 4.11. The Bertz CT molecular complexity index is 1210. The number of amides is 1. The number of benzene rings is 1. The third-order valence-electron chi connectivity index (χ3n) is 6.17. The Kier molecular flexibility index (Phi) is 5.89. The molecular formula is C24H21ClF3N5O. The van der Waals surface area contributed by atoms with E-state index in [4.69, 9.17) is 11.6 Å². The van der Waals surface area contributed by atoms with Crippen LogP contribution in [0.1, 0.15) is 18.4 Å². The summed E-state index contributed by atoms with van der Waals surface area (Å²) >= 11 is 6.41. The summed E-state index contributed by atoms with van der Waals surface area (Å²) in [5.41, 5.74) is 1.49. The van der Waals surface area contributed by atoms with E-state index in [1.807, 2.05) is 11.0 Å². The molecule has 2 fully saturated rings. The van der Waals surface area contributed by atoms with Crippen LogP contribution in [0.3, 0.4) is 0 Å². The van der Waals surface area contributed by atoms with Crippen molar-refractivity contribution >= 4 is 23.3 Å². The van der Waals surface area contributed by atoms with Crippen LogP contribution >= 0.6 is 11.6 Å². The van der Waals surface area contributed by atoms with E-state index in [9.17, 15) is 18.0 Å². The summed E-state index contributed by atoms with van der Waals surface area (Å²) in [6.45, 7) is 2.47. The van der Waals surface area contributed by atoms with Gasteiger partial charge in [-0.1, -0.05) is 23.7 Å². The second-order valence-corrected chi connectivity index (χ2v) is 8.89. The van der Waals surface area contributed by atoms with Gasteiger partial charge in [-0.3, -0.25) is 9.78 Å². The van der Waals surface area contributed by atoms with Crippen molar-refractivity contribution < 1.29 is 18.0 Å². The summed E-state index contributed by atoms with van der Waals surface area (Å²) < 4.78 is 39.1. The lowest BCUT2D eigenvalue weighted by atomic mass is 9.99. The van der Waals surface area contributed by atoms with Crippen LogP contribution in [0.25, 0.3) is 22.4 Å². The summed E-state index contributed by atoms with van der Waals surface area (Å²) in [7, 11) is 0. The van der Waals surface area contributed by atoms with Gasteiger partial charge in [0.1, 0.15) is 5.69 Å². The van der Waals surface area contributed by atoms with Crippen molar-refractivity contribution in [3.63, 3.8) is 0 Å². The molecule has 1 aliphatic heterocycles. The lowest BCUT2D eigenvalue weighted by Gasteiger charge is -2.35. The highest BCUT2D eigenvalue weighted by Gasteiger charge is 2.35. The zero-order chi connectivity index (χ0) is 23.9. The number of carbonyl (C=O) groups excluding carboxylic acids is 1. The highest BCUT2D eigenvalue weighted by atomic mass is 35.5. The van der Waals surface area contributed by atoms with Gasteiger partial charge in [0.05, 0.1) is 10.6 Å². The minimum absolute atomic E-state index is 0.190. The SMILES string of the molecule is O=C(C1CC1)N1CCN(c2cc(-c3ccncc3Cl)c(-c3ccc(C(F)(F)F)cc3)nn2)CC1. The maximum absolute atomic E-state index is 13.0. The van der Waals surface area contributed by atoms with Crippen LogP contribution in [0.15, 0.2) is 48.8 Å². The topological polar surface area (TPSA) is 62.2 Å². The van der Waals surface area contributed by atoms with Gasteiger partial charge in [0.2, 0.25) is 5.91 Å². The Balaban J connectivity index is 1.47. The zero-order valence-corrected chi connectivity index (χ0v) is 18.9. The van der Waals surface area contributed by atoms with Gasteiger partial charge < -0.3 is 9.80 Å². The highest BCUT2D eigenvalue weighted by Crippen LogP contribution is 2.37. The van der Waals surface area contributed by atoms with Crippen LogP contribution in [0, 0.1) is 5.92 Å². The molecule has 3 aromatic rings. The summed E-state index contributed by atoms with van der Waals surface area (Å²) in [5.74, 6) is 1.04. The molecule has 5 rings (SSSR count). The Morgan fingerprint density at radius 3 is 2.29 bits per heavy atom. The molecule has 2 aromatic heterocycles. The average Bonchev–Trinajstić information content (AvgIpc) is 3.69. The lowest BCUT2D eigenvalue weighted by molar-refractivity contribution is -0.137. The highest BCUT2D eigenvalue weighted by molar-refractivity contribution is 6.33. The maximum Gasteiger partial charge on any atom is 0.416 e. The van der Waals surface area contributed by atoms with Gasteiger partial charge in [0.15, 0.2) is 5.82 Å². The maximum atomic E-state index is 13.0. The number of alkyl halides is 3. The standard InChI is InChI=1S/C24H21ClF3N5O/c25-20-14-29-8-7-18(20)19-13-21(32-9-11-33(12-10-32)23(34)16-1-2-16)30-31-22(19)15-3-5-17(6-4-15)24(26,27)28/h3-8,13-14,16H,1-2,9-12H2. The van der Waals surface area contributed by atoms with Gasteiger partial charge in [-0.25, -0.2) is 0 Å². The zero-order valence-electron chi connectivity index (χ0n) is 18.1. The molecule has 0 atom stereocenters. The quantitative estimate of drug-likeness (QED) is 0.522. The fraction of sp³-hybridized carbons (Fsp3) is 0.333. The number of rotatable bonds is 4. The first-order chi connectivity index (χ1) is 16.3. The van der Waals surface area contributed by atoms with Crippen molar-refractivity contribution in [3.05, 3.63) is 59.4 Å². The largest absolute Gasteiger partial charge is 0.416 e. The third-order valence-corrected chi connectivity index (χ3v) is 6.47. The normalized spacial score (nSPS) is 16.6. The van der Waals surface area contributed by atoms with Gasteiger partial charge in [0, 0.05) is 61.2 Å². The van der Waals surface area contributed by atoms with Crippen molar-refractivity contribution in [2.45, 2.75) is 19.0 Å². The number of pyridine rings is 1. The average molecular weight is 488 g/mol. The van der Waals surface area contributed by atoms with E-state index in [1.54, 1.807) is 12.3 Å². The molecule has 3 heterocycles. The molecule has 1 saturated carbocycles. The minimum atomic E-state index is -4.42. The van der Waals surface area contributed by atoms with E-state index in [1.165, 1.54) is 18.3 Å². The number of piperazine rings is 1. The Hall–Kier alpha value is -3.20. The molecule has 1 aromatic carbocycles. The molecule has 176 valence electrons. The number of hydrogen-bond donors (Lipinski definition) is 0. The van der Waals surface area contributed by atoms with Crippen molar-refractivity contribution in [2.24, 2.45) is 5.92 Å². The number of hydrogen-bond acceptors (Lipinski definition) is 5. The molecule has 0 unspecified atom stereocenters. The Labute approximate surface area is 199 Å². The predicted molar refractivity (Wildman–Crippen MR) is 122 cm³/mol. The number of carbonyl (C=O) groups is 1. The monoisotopic (exact) mass is 487 g/mol. The summed E-state index contributed by atoms with van der Waals surface area (Å²) in [6.07, 6.45) is 0.641. The minimum Gasteiger partial charge on any atom is -0.352 e. The van der Waals surface area contributed by atoms with Gasteiger partial charge in [0.25, 0.3) is 0 Å². The molecule has 0 N–H and O–H groups in total. The van der Waals surface area contributed by atoms with Crippen LogP contribution in [-0.2, 0) is 11.0 Å². The number of aromatic nitrogens is 3. The first-order valence-corrected chi connectivity index (χ1v) is 11.4. The van der Waals surface area contributed by atoms with E-state index >= 15 is 0 Å². The van der Waals surface area contributed by atoms with Crippen LogP contribution in [0.5, 0.6) is 0 Å². The number of anilines is 1. The van der Waals surface area contributed by atoms with Gasteiger partial charge in [-0.2, -0.15) is 13.2 Å². The van der Waals surface area contributed by atoms with E-state index in [0.717, 1.165) is 25.0 Å². The van der Waals surface area contributed by atoms with Gasteiger partial charge >= 0.3 is 6.18 Å². The predicted octanol–water partition coefficient (Wildman–Crippen LogP) is 4.94. The summed E-state index contributed by atoms with van der Waals surface area (Å²) in [4.78, 5) is 20.3. The molecule has 2 aliphatic rings. The smallest absolute Gasteiger partial charge is 0.352 e. The molecule has 0 spiro atoms. The lowest BCUT2D eigenvalue weighted by Crippen LogP contribution is -2.49. The van der Waals surface area contributed by atoms with Gasteiger partial charge in [-0.05, 0) is 37.1 Å². The summed E-state index contributed by atoms with van der Waals surface area (Å²) in [5, 5.41) is 9.17.